The zero-order valence-electron chi connectivity index (χ0n) is 31.8. The summed E-state index contributed by atoms with van der Waals surface area (Å²) in [5.74, 6) is 1.09. The number of nitrogens with one attached hydrogen (secondary N) is 2. The first-order valence-corrected chi connectivity index (χ1v) is 19.9. The highest BCUT2D eigenvalue weighted by atomic mass is 35.5. The van der Waals surface area contributed by atoms with Gasteiger partial charge in [0.1, 0.15) is 5.52 Å². The van der Waals surface area contributed by atoms with Crippen molar-refractivity contribution in [2.24, 2.45) is 24.8 Å². The molecule has 0 unspecified atom stereocenters. The van der Waals surface area contributed by atoms with Crippen LogP contribution in [-0.2, 0) is 31.4 Å². The van der Waals surface area contributed by atoms with E-state index in [-0.39, 0.29) is 11.8 Å². The lowest BCUT2D eigenvalue weighted by atomic mass is 9.81. The first-order chi connectivity index (χ1) is 26.6. The fraction of sp³-hybridized carbons (Fsp3) is 0.419. The number of anilines is 3. The largest absolute Gasteiger partial charge is 0.481 e. The molecule has 1 saturated carbocycles. The predicted octanol–water partition coefficient (Wildman–Crippen LogP) is 8.08. The molecule has 1 amide bonds. The molecular weight excluding hydrogens is 712 g/mol. The van der Waals surface area contributed by atoms with E-state index in [1.165, 1.54) is 12.0 Å². The Labute approximate surface area is 327 Å². The van der Waals surface area contributed by atoms with Gasteiger partial charge in [-0.1, -0.05) is 42.8 Å². The Hall–Kier alpha value is -4.84. The van der Waals surface area contributed by atoms with Gasteiger partial charge in [0, 0.05) is 80.9 Å². The van der Waals surface area contributed by atoms with Gasteiger partial charge in [-0.2, -0.15) is 0 Å². The van der Waals surface area contributed by atoms with Gasteiger partial charge >= 0.3 is 5.97 Å². The zero-order chi connectivity index (χ0) is 38.2. The molecule has 5 heterocycles. The average Bonchev–Trinajstić information content (AvgIpc) is 3.74. The molecule has 3 N–H and O–H groups in total. The molecule has 3 aromatic heterocycles. The number of carbonyl (C=O) groups excluding carboxylic acids is 1. The minimum absolute atomic E-state index is 0.208. The molecule has 1 aliphatic carbocycles. The minimum atomic E-state index is -0.672. The van der Waals surface area contributed by atoms with Gasteiger partial charge in [-0.3, -0.25) is 24.4 Å². The van der Waals surface area contributed by atoms with E-state index < -0.39 is 5.97 Å². The Morgan fingerprint density at radius 1 is 0.964 bits per heavy atom. The van der Waals surface area contributed by atoms with Crippen molar-refractivity contribution in [2.45, 2.75) is 65.5 Å². The van der Waals surface area contributed by atoms with Gasteiger partial charge in [0.2, 0.25) is 0 Å². The third-order valence-corrected chi connectivity index (χ3v) is 12.4. The van der Waals surface area contributed by atoms with Crippen molar-refractivity contribution in [3.8, 4) is 11.1 Å². The number of benzene rings is 2. The molecule has 286 valence electrons. The molecule has 11 nitrogen and oxygen atoms in total. The van der Waals surface area contributed by atoms with E-state index in [1.807, 2.05) is 66.5 Å². The SMILES string of the molecule is Cc1c(Nc2nccc3cc(CN4CC[C@@H](C)C4)cnc23)cccc1-c1cccc(NC(=O)c2nc3c(n2C)CCN(C[C@H]2CC[C@H](C(=O)O)CC2)C3)c1Cl. The normalized spacial score (nSPS) is 20.4. The molecule has 0 spiro atoms. The fourth-order valence-corrected chi connectivity index (χ4v) is 9.09. The van der Waals surface area contributed by atoms with Gasteiger partial charge < -0.3 is 20.3 Å². The molecular formula is C43H49ClN8O3. The van der Waals surface area contributed by atoms with E-state index in [1.54, 1.807) is 0 Å². The number of likely N-dealkylation sites (tertiary alicyclic amines) is 1. The lowest BCUT2D eigenvalue weighted by Crippen LogP contribution is -2.36. The maximum absolute atomic E-state index is 13.7. The number of carboxylic acid groups (broad SMARTS) is 1. The Balaban J connectivity index is 0.959. The summed E-state index contributed by atoms with van der Waals surface area (Å²) in [7, 11) is 1.90. The first kappa shape index (κ1) is 37.1. The second-order valence-electron chi connectivity index (χ2n) is 15.9. The van der Waals surface area contributed by atoms with E-state index in [2.05, 4.69) is 45.3 Å². The molecule has 1 saturated heterocycles. The summed E-state index contributed by atoms with van der Waals surface area (Å²) in [6, 6.07) is 16.0. The van der Waals surface area contributed by atoms with Crippen LogP contribution in [0.25, 0.3) is 22.0 Å². The van der Waals surface area contributed by atoms with E-state index in [4.69, 9.17) is 21.6 Å². The topological polar surface area (TPSA) is 129 Å². The molecule has 2 aromatic carbocycles. The Morgan fingerprint density at radius 2 is 1.75 bits per heavy atom. The zero-order valence-corrected chi connectivity index (χ0v) is 32.6. The predicted molar refractivity (Wildman–Crippen MR) is 217 cm³/mol. The number of fused-ring (bicyclic) bond motifs is 2. The van der Waals surface area contributed by atoms with Crippen molar-refractivity contribution in [1.82, 2.24) is 29.3 Å². The summed E-state index contributed by atoms with van der Waals surface area (Å²) in [6.07, 6.45) is 9.21. The molecule has 5 aromatic rings. The second-order valence-corrected chi connectivity index (χ2v) is 16.2. The van der Waals surface area contributed by atoms with Gasteiger partial charge in [-0.25, -0.2) is 9.97 Å². The van der Waals surface area contributed by atoms with Gasteiger partial charge in [0.25, 0.3) is 5.91 Å². The average molecular weight is 761 g/mol. The van der Waals surface area contributed by atoms with Crippen molar-refractivity contribution in [3.63, 3.8) is 0 Å². The van der Waals surface area contributed by atoms with Crippen LogP contribution < -0.4 is 10.6 Å². The number of carbonyl (C=O) groups is 2. The third-order valence-electron chi connectivity index (χ3n) is 11.9. The number of pyridine rings is 2. The van der Waals surface area contributed by atoms with Crippen LogP contribution in [0.3, 0.4) is 0 Å². The Kier molecular flexibility index (Phi) is 10.6. The summed E-state index contributed by atoms with van der Waals surface area (Å²) in [5.41, 5.74) is 8.15. The van der Waals surface area contributed by atoms with Crippen molar-refractivity contribution in [1.29, 1.82) is 0 Å². The van der Waals surface area contributed by atoms with Crippen LogP contribution in [-0.4, -0.2) is 72.5 Å². The molecule has 8 rings (SSSR count). The highest BCUT2D eigenvalue weighted by Crippen LogP contribution is 2.39. The van der Waals surface area contributed by atoms with Crippen molar-refractivity contribution in [2.75, 3.05) is 36.8 Å². The van der Waals surface area contributed by atoms with Gasteiger partial charge in [0.15, 0.2) is 11.6 Å². The lowest BCUT2D eigenvalue weighted by Gasteiger charge is -2.33. The molecule has 2 fully saturated rings. The highest BCUT2D eigenvalue weighted by Gasteiger charge is 2.30. The fourth-order valence-electron chi connectivity index (χ4n) is 8.82. The number of rotatable bonds is 10. The van der Waals surface area contributed by atoms with E-state index in [0.717, 1.165) is 115 Å². The Morgan fingerprint density at radius 3 is 2.51 bits per heavy atom. The van der Waals surface area contributed by atoms with Crippen LogP contribution in [0.4, 0.5) is 17.2 Å². The summed E-state index contributed by atoms with van der Waals surface area (Å²) in [6.45, 7) is 10.0. The van der Waals surface area contributed by atoms with Crippen molar-refractivity contribution in [3.05, 3.63) is 94.3 Å². The van der Waals surface area contributed by atoms with Gasteiger partial charge in [-0.05, 0) is 98.4 Å². The number of nitrogens with zero attached hydrogens (tertiary/aromatic N) is 6. The number of hydrogen-bond donors (Lipinski definition) is 3. The van der Waals surface area contributed by atoms with Gasteiger partial charge in [0.05, 0.1) is 22.3 Å². The monoisotopic (exact) mass is 760 g/mol. The maximum Gasteiger partial charge on any atom is 0.306 e. The standard InChI is InChI=1S/C43H49ClN8O3/c1-26-15-18-51(22-26)24-29-20-31-14-17-45-40(39(31)46-21-29)47-34-8-4-6-32(27(34)2)33-7-5-9-35(38(33)44)49-42(53)41-48-36-25-52(19-16-37(36)50(41)3)23-28-10-12-30(13-11-28)43(54)55/h4-9,14,17,20-21,26,28,30H,10-13,15-16,18-19,22-25H2,1-3H3,(H,45,47)(H,49,53)(H,54,55)/t26-,28-,30-/m1/s1. The number of hydrogen-bond acceptors (Lipinski definition) is 8. The Bertz CT molecular complexity index is 2250. The molecule has 0 radical (unpaired) electrons. The van der Waals surface area contributed by atoms with Crippen LogP contribution in [0.2, 0.25) is 5.02 Å². The highest BCUT2D eigenvalue weighted by molar-refractivity contribution is 6.36. The molecule has 0 bridgehead atoms. The number of aromatic nitrogens is 4. The van der Waals surface area contributed by atoms with E-state index in [0.29, 0.717) is 34.8 Å². The summed E-state index contributed by atoms with van der Waals surface area (Å²) >= 11 is 7.07. The van der Waals surface area contributed by atoms with Gasteiger partial charge in [-0.15, -0.1) is 0 Å². The molecule has 12 heteroatoms. The number of aliphatic carboxylic acids is 1. The van der Waals surface area contributed by atoms with Crippen molar-refractivity contribution >= 4 is 51.6 Å². The molecule has 3 aliphatic rings. The summed E-state index contributed by atoms with van der Waals surface area (Å²) in [4.78, 5) is 44.4. The summed E-state index contributed by atoms with van der Waals surface area (Å²) in [5, 5.41) is 17.4. The molecule has 1 atom stereocenters. The third kappa shape index (κ3) is 7.83. The number of imidazole rings is 1. The quantitative estimate of drug-likeness (QED) is 0.129. The van der Waals surface area contributed by atoms with Crippen LogP contribution in [0.1, 0.15) is 72.2 Å². The number of carboxylic acids is 1. The van der Waals surface area contributed by atoms with E-state index in [9.17, 15) is 14.7 Å². The summed E-state index contributed by atoms with van der Waals surface area (Å²) < 4.78 is 1.90. The van der Waals surface area contributed by atoms with Crippen molar-refractivity contribution < 1.29 is 14.7 Å². The van der Waals surface area contributed by atoms with Crippen LogP contribution in [0.15, 0.2) is 60.9 Å². The lowest BCUT2D eigenvalue weighted by molar-refractivity contribution is -0.143. The van der Waals surface area contributed by atoms with Crippen LogP contribution >= 0.6 is 11.6 Å². The smallest absolute Gasteiger partial charge is 0.306 e. The van der Waals surface area contributed by atoms with Crippen LogP contribution in [0, 0.1) is 24.7 Å². The van der Waals surface area contributed by atoms with Crippen LogP contribution in [0.5, 0.6) is 0 Å². The second kappa shape index (κ2) is 15.7. The maximum atomic E-state index is 13.7. The number of halogens is 1. The molecule has 2 aliphatic heterocycles. The first-order valence-electron chi connectivity index (χ1n) is 19.5. The minimum Gasteiger partial charge on any atom is -0.481 e. The number of amides is 1. The molecule has 55 heavy (non-hydrogen) atoms. The van der Waals surface area contributed by atoms with E-state index >= 15 is 0 Å².